The predicted octanol–water partition coefficient (Wildman–Crippen LogP) is 2.38. The number of benzene rings is 1. The second-order valence-electron chi connectivity index (χ2n) is 4.22. The van der Waals surface area contributed by atoms with Crippen molar-refractivity contribution in [3.05, 3.63) is 40.4 Å². The summed E-state index contributed by atoms with van der Waals surface area (Å²) >= 11 is 8.46. The van der Waals surface area contributed by atoms with Gasteiger partial charge >= 0.3 is 0 Å². The van der Waals surface area contributed by atoms with E-state index in [4.69, 9.17) is 18.0 Å². The summed E-state index contributed by atoms with van der Waals surface area (Å²) in [7, 11) is 1.92. The average molecular weight is 340 g/mol. The monoisotopic (exact) mass is 339 g/mol. The molecule has 1 heterocycles. The highest BCUT2D eigenvalue weighted by Gasteiger charge is 2.12. The minimum atomic E-state index is 0.0412. The fraction of sp³-hybridized carbons (Fsp3) is 0.250. The molecule has 0 bridgehead atoms. The van der Waals surface area contributed by atoms with E-state index in [1.165, 1.54) is 0 Å². The maximum Gasteiger partial charge on any atom is 0.154 e. The van der Waals surface area contributed by atoms with Crippen molar-refractivity contribution in [2.75, 3.05) is 5.32 Å². The van der Waals surface area contributed by atoms with Crippen LogP contribution in [0.4, 0.5) is 5.69 Å². The molecule has 1 atom stereocenters. The maximum atomic E-state index is 5.60. The molecule has 1 aromatic heterocycles. The zero-order chi connectivity index (χ0) is 14.0. The molecule has 0 fully saturated rings. The minimum Gasteiger partial charge on any atom is -0.389 e. The minimum absolute atomic E-state index is 0.0412. The topological polar surface area (TPSA) is 68.8 Å². The molecule has 0 saturated carbocycles. The summed E-state index contributed by atoms with van der Waals surface area (Å²) in [4.78, 5) is 0.383. The van der Waals surface area contributed by atoms with Crippen molar-refractivity contribution in [3.8, 4) is 0 Å². The predicted molar refractivity (Wildman–Crippen MR) is 83.1 cm³/mol. The molecular formula is C12H14BrN5S. The molecule has 0 radical (unpaired) electrons. The van der Waals surface area contributed by atoms with Gasteiger partial charge in [0.25, 0.3) is 0 Å². The second kappa shape index (κ2) is 5.66. The van der Waals surface area contributed by atoms with Gasteiger partial charge in [0.2, 0.25) is 0 Å². The Morgan fingerprint density at radius 3 is 2.79 bits per heavy atom. The molecule has 1 unspecified atom stereocenters. The fourth-order valence-corrected chi connectivity index (χ4v) is 2.39. The van der Waals surface area contributed by atoms with Gasteiger partial charge in [0.05, 0.1) is 6.04 Å². The molecule has 0 amide bonds. The largest absolute Gasteiger partial charge is 0.389 e. The van der Waals surface area contributed by atoms with Crippen LogP contribution in [-0.4, -0.2) is 19.8 Å². The molecule has 2 aromatic rings. The summed E-state index contributed by atoms with van der Waals surface area (Å²) in [5, 5.41) is 11.3. The van der Waals surface area contributed by atoms with Crippen LogP contribution in [0.3, 0.4) is 0 Å². The van der Waals surface area contributed by atoms with Crippen molar-refractivity contribution in [1.29, 1.82) is 0 Å². The zero-order valence-corrected chi connectivity index (χ0v) is 13.0. The first kappa shape index (κ1) is 14.0. The van der Waals surface area contributed by atoms with E-state index in [1.807, 2.05) is 36.7 Å². The lowest BCUT2D eigenvalue weighted by Crippen LogP contribution is -2.13. The summed E-state index contributed by atoms with van der Waals surface area (Å²) in [6, 6.07) is 5.76. The average Bonchev–Trinajstić information content (AvgIpc) is 2.77. The third kappa shape index (κ3) is 3.10. The van der Waals surface area contributed by atoms with Crippen LogP contribution < -0.4 is 11.1 Å². The number of anilines is 1. The molecule has 0 spiro atoms. The second-order valence-corrected chi connectivity index (χ2v) is 5.52. The molecule has 7 heteroatoms. The van der Waals surface area contributed by atoms with Crippen LogP contribution in [0.2, 0.25) is 0 Å². The number of aromatic nitrogens is 3. The highest BCUT2D eigenvalue weighted by atomic mass is 79.9. The van der Waals surface area contributed by atoms with E-state index < -0.39 is 0 Å². The van der Waals surface area contributed by atoms with Gasteiger partial charge < -0.3 is 15.6 Å². The Bertz CT molecular complexity index is 610. The summed E-state index contributed by atoms with van der Waals surface area (Å²) in [5.74, 6) is 0.866. The normalized spacial score (nSPS) is 12.2. The highest BCUT2D eigenvalue weighted by Crippen LogP contribution is 2.27. The van der Waals surface area contributed by atoms with Gasteiger partial charge in [0.1, 0.15) is 11.3 Å². The number of hydrogen-bond donors (Lipinski definition) is 2. The van der Waals surface area contributed by atoms with E-state index >= 15 is 0 Å². The van der Waals surface area contributed by atoms with Crippen molar-refractivity contribution in [1.82, 2.24) is 14.8 Å². The van der Waals surface area contributed by atoms with Crippen LogP contribution in [0.5, 0.6) is 0 Å². The van der Waals surface area contributed by atoms with Gasteiger partial charge in [0.15, 0.2) is 5.82 Å². The van der Waals surface area contributed by atoms with Crippen LogP contribution in [0.1, 0.15) is 24.4 Å². The standard InChI is InChI=1S/C12H14BrN5S/c1-7(12-17-15-6-18(12)2)16-10-4-3-8(11(14)19)5-9(10)13/h3-7,16H,1-2H3,(H2,14,19). The van der Waals surface area contributed by atoms with E-state index in [0.29, 0.717) is 4.99 Å². The number of aryl methyl sites for hydroxylation is 1. The lowest BCUT2D eigenvalue weighted by Gasteiger charge is -2.16. The molecule has 0 aliphatic carbocycles. The van der Waals surface area contributed by atoms with Crippen LogP contribution in [-0.2, 0) is 7.05 Å². The number of rotatable bonds is 4. The number of hydrogen-bond acceptors (Lipinski definition) is 4. The molecule has 0 aliphatic rings. The van der Waals surface area contributed by atoms with Crippen LogP contribution in [0, 0.1) is 0 Å². The van der Waals surface area contributed by atoms with Gasteiger partial charge in [-0.3, -0.25) is 0 Å². The van der Waals surface area contributed by atoms with E-state index in [-0.39, 0.29) is 6.04 Å². The molecule has 0 aliphatic heterocycles. The Morgan fingerprint density at radius 2 is 2.26 bits per heavy atom. The first-order chi connectivity index (χ1) is 8.99. The van der Waals surface area contributed by atoms with Crippen LogP contribution in [0.15, 0.2) is 29.0 Å². The molecule has 5 nitrogen and oxygen atoms in total. The van der Waals surface area contributed by atoms with Gasteiger partial charge in [-0.05, 0) is 41.1 Å². The molecular weight excluding hydrogens is 326 g/mol. The molecule has 1 aromatic carbocycles. The van der Waals surface area contributed by atoms with Gasteiger partial charge in [-0.25, -0.2) is 0 Å². The number of nitrogens with two attached hydrogens (primary N) is 1. The van der Waals surface area contributed by atoms with Gasteiger partial charge in [0, 0.05) is 22.8 Å². The number of nitrogens with zero attached hydrogens (tertiary/aromatic N) is 3. The van der Waals surface area contributed by atoms with Gasteiger partial charge in [-0.2, -0.15) is 0 Å². The molecule has 0 saturated heterocycles. The quantitative estimate of drug-likeness (QED) is 0.837. The van der Waals surface area contributed by atoms with Crippen molar-refractivity contribution in [3.63, 3.8) is 0 Å². The highest BCUT2D eigenvalue weighted by molar-refractivity contribution is 9.10. The first-order valence-electron chi connectivity index (χ1n) is 5.69. The lowest BCUT2D eigenvalue weighted by atomic mass is 10.2. The third-order valence-corrected chi connectivity index (χ3v) is 3.65. The van der Waals surface area contributed by atoms with Gasteiger partial charge in [-0.15, -0.1) is 10.2 Å². The Hall–Kier alpha value is -1.47. The zero-order valence-electron chi connectivity index (χ0n) is 10.6. The number of halogens is 1. The first-order valence-corrected chi connectivity index (χ1v) is 6.89. The third-order valence-electron chi connectivity index (χ3n) is 2.76. The summed E-state index contributed by atoms with van der Waals surface area (Å²) < 4.78 is 2.79. The van der Waals surface area contributed by atoms with Crippen molar-refractivity contribution >= 4 is 38.8 Å². The molecule has 3 N–H and O–H groups in total. The lowest BCUT2D eigenvalue weighted by molar-refractivity contribution is 0.719. The summed E-state index contributed by atoms with van der Waals surface area (Å²) in [6.07, 6.45) is 1.68. The summed E-state index contributed by atoms with van der Waals surface area (Å²) in [6.45, 7) is 2.03. The maximum absolute atomic E-state index is 5.60. The molecule has 100 valence electrons. The Labute approximate surface area is 125 Å². The van der Waals surface area contributed by atoms with Crippen molar-refractivity contribution in [2.24, 2.45) is 12.8 Å². The van der Waals surface area contributed by atoms with Crippen molar-refractivity contribution < 1.29 is 0 Å². The summed E-state index contributed by atoms with van der Waals surface area (Å²) in [5.41, 5.74) is 7.39. The smallest absolute Gasteiger partial charge is 0.154 e. The Kier molecular flexibility index (Phi) is 4.16. The van der Waals surface area contributed by atoms with E-state index in [1.54, 1.807) is 6.33 Å². The SMILES string of the molecule is CC(Nc1ccc(C(N)=S)cc1Br)c1nncn1C. The number of nitrogens with one attached hydrogen (secondary N) is 1. The van der Waals surface area contributed by atoms with Crippen LogP contribution in [0.25, 0.3) is 0 Å². The van der Waals surface area contributed by atoms with E-state index in [2.05, 4.69) is 31.4 Å². The van der Waals surface area contributed by atoms with E-state index in [9.17, 15) is 0 Å². The Balaban J connectivity index is 2.20. The van der Waals surface area contributed by atoms with Crippen LogP contribution >= 0.6 is 28.1 Å². The molecule has 19 heavy (non-hydrogen) atoms. The molecule has 2 rings (SSSR count). The van der Waals surface area contributed by atoms with E-state index in [0.717, 1.165) is 21.5 Å². The van der Waals surface area contributed by atoms with Gasteiger partial charge in [-0.1, -0.05) is 12.2 Å². The Morgan fingerprint density at radius 1 is 1.53 bits per heavy atom. The fourth-order valence-electron chi connectivity index (χ4n) is 1.77. The number of thiocarbonyl (C=S) groups is 1. The van der Waals surface area contributed by atoms with Crippen molar-refractivity contribution in [2.45, 2.75) is 13.0 Å².